The van der Waals surface area contributed by atoms with Gasteiger partial charge in [0.2, 0.25) is 10.0 Å². The molecule has 3 amide bonds. The lowest BCUT2D eigenvalue weighted by Gasteiger charge is -2.35. The van der Waals surface area contributed by atoms with E-state index < -0.39 is 16.1 Å². The Balaban J connectivity index is 2.41. The molecule has 2 rings (SSSR count). The number of nitrogens with zero attached hydrogens (tertiary/aromatic N) is 2. The van der Waals surface area contributed by atoms with Crippen LogP contribution in [0.3, 0.4) is 0 Å². The Morgan fingerprint density at radius 3 is 2.62 bits per heavy atom. The summed E-state index contributed by atoms with van der Waals surface area (Å²) >= 11 is 0. The molecule has 2 N–H and O–H groups in total. The van der Waals surface area contributed by atoms with Crippen LogP contribution < -0.4 is 14.8 Å². The maximum Gasteiger partial charge on any atom is 0.317 e. The van der Waals surface area contributed by atoms with E-state index in [4.69, 9.17) is 4.74 Å². The SMILES string of the molecule is CC(C)NC(=O)N(C)C[C@H]1Oc2c(NS(C)(=O)=O)cccc2C(=O)N(C)C[C@@H]1C. The van der Waals surface area contributed by atoms with Crippen molar-refractivity contribution < 1.29 is 22.7 Å². The zero-order valence-electron chi connectivity index (χ0n) is 17.7. The molecular formula is C19H30N4O5S. The van der Waals surface area contributed by atoms with Crippen molar-refractivity contribution in [1.29, 1.82) is 0 Å². The molecule has 0 bridgehead atoms. The van der Waals surface area contributed by atoms with Crippen LogP contribution in [0.2, 0.25) is 0 Å². The standard InChI is InChI=1S/C19H30N4O5S/c1-12(2)20-19(25)23(5)11-16-13(3)10-22(4)18(24)14-8-7-9-15(17(14)28-16)21-29(6,26)27/h7-9,12-13,16,21H,10-11H2,1-6H3,(H,20,25)/t13-,16+/m0/s1. The van der Waals surface area contributed by atoms with Gasteiger partial charge in [-0.05, 0) is 26.0 Å². The summed E-state index contributed by atoms with van der Waals surface area (Å²) in [7, 11) is -0.212. The van der Waals surface area contributed by atoms with Crippen molar-refractivity contribution in [1.82, 2.24) is 15.1 Å². The molecule has 29 heavy (non-hydrogen) atoms. The van der Waals surface area contributed by atoms with Crippen LogP contribution >= 0.6 is 0 Å². The van der Waals surface area contributed by atoms with Crippen molar-refractivity contribution in [3.8, 4) is 5.75 Å². The number of amides is 3. The van der Waals surface area contributed by atoms with Gasteiger partial charge in [0.05, 0.1) is 24.1 Å². The highest BCUT2D eigenvalue weighted by atomic mass is 32.2. The molecule has 0 aliphatic carbocycles. The van der Waals surface area contributed by atoms with Gasteiger partial charge in [-0.2, -0.15) is 0 Å². The number of fused-ring (bicyclic) bond motifs is 1. The summed E-state index contributed by atoms with van der Waals surface area (Å²) in [5, 5.41) is 2.83. The van der Waals surface area contributed by atoms with Crippen LogP contribution in [0.5, 0.6) is 5.75 Å². The fraction of sp³-hybridized carbons (Fsp3) is 0.579. The lowest BCUT2D eigenvalue weighted by molar-refractivity contribution is 0.0579. The molecular weight excluding hydrogens is 396 g/mol. The van der Waals surface area contributed by atoms with E-state index >= 15 is 0 Å². The lowest BCUT2D eigenvalue weighted by Crippen LogP contribution is -2.49. The lowest BCUT2D eigenvalue weighted by atomic mass is 10.0. The van der Waals surface area contributed by atoms with Gasteiger partial charge in [-0.25, -0.2) is 13.2 Å². The Morgan fingerprint density at radius 2 is 2.03 bits per heavy atom. The fourth-order valence-electron chi connectivity index (χ4n) is 3.15. The average molecular weight is 427 g/mol. The molecule has 0 saturated carbocycles. The van der Waals surface area contributed by atoms with Crippen molar-refractivity contribution in [2.45, 2.75) is 32.9 Å². The van der Waals surface area contributed by atoms with Crippen LogP contribution in [0.4, 0.5) is 10.5 Å². The van der Waals surface area contributed by atoms with E-state index in [2.05, 4.69) is 10.0 Å². The number of rotatable bonds is 5. The fourth-order valence-corrected chi connectivity index (χ4v) is 3.71. The van der Waals surface area contributed by atoms with Gasteiger partial charge in [0.1, 0.15) is 6.10 Å². The van der Waals surface area contributed by atoms with Crippen molar-refractivity contribution >= 4 is 27.6 Å². The van der Waals surface area contributed by atoms with Crippen LogP contribution in [0.15, 0.2) is 18.2 Å². The molecule has 0 unspecified atom stereocenters. The number of ether oxygens (including phenoxy) is 1. The third-order valence-corrected chi connectivity index (χ3v) is 5.16. The molecule has 1 heterocycles. The quantitative estimate of drug-likeness (QED) is 0.743. The first-order valence-electron chi connectivity index (χ1n) is 9.43. The zero-order chi connectivity index (χ0) is 21.9. The minimum Gasteiger partial charge on any atom is -0.485 e. The average Bonchev–Trinajstić information content (AvgIpc) is 2.58. The summed E-state index contributed by atoms with van der Waals surface area (Å²) in [6.07, 6.45) is 0.586. The molecule has 10 heteroatoms. The molecule has 162 valence electrons. The van der Waals surface area contributed by atoms with Gasteiger partial charge >= 0.3 is 6.03 Å². The van der Waals surface area contributed by atoms with E-state index in [9.17, 15) is 18.0 Å². The van der Waals surface area contributed by atoms with Crippen molar-refractivity contribution in [3.05, 3.63) is 23.8 Å². The molecule has 0 spiro atoms. The summed E-state index contributed by atoms with van der Waals surface area (Å²) in [4.78, 5) is 28.2. The van der Waals surface area contributed by atoms with Gasteiger partial charge in [0.25, 0.3) is 5.91 Å². The predicted octanol–water partition coefficient (Wildman–Crippen LogP) is 1.58. The molecule has 1 aliphatic heterocycles. The first-order valence-corrected chi connectivity index (χ1v) is 11.3. The summed E-state index contributed by atoms with van der Waals surface area (Å²) in [5.41, 5.74) is 0.465. The molecule has 1 aromatic carbocycles. The van der Waals surface area contributed by atoms with Gasteiger partial charge in [-0.1, -0.05) is 13.0 Å². The molecule has 1 aromatic rings. The van der Waals surface area contributed by atoms with Crippen LogP contribution in [0.25, 0.3) is 0 Å². The number of benzene rings is 1. The van der Waals surface area contributed by atoms with Crippen LogP contribution in [-0.2, 0) is 10.0 Å². The Kier molecular flexibility index (Phi) is 6.99. The van der Waals surface area contributed by atoms with E-state index in [1.807, 2.05) is 20.8 Å². The van der Waals surface area contributed by atoms with Crippen LogP contribution in [0.1, 0.15) is 31.1 Å². The van der Waals surface area contributed by atoms with Crippen molar-refractivity contribution in [2.75, 3.05) is 38.2 Å². The highest BCUT2D eigenvalue weighted by Crippen LogP contribution is 2.34. The maximum absolute atomic E-state index is 12.8. The van der Waals surface area contributed by atoms with E-state index in [1.165, 1.54) is 4.90 Å². The number of carbonyl (C=O) groups excluding carboxylic acids is 2. The molecule has 2 atom stereocenters. The number of hydrogen-bond donors (Lipinski definition) is 2. The number of sulfonamides is 1. The van der Waals surface area contributed by atoms with Crippen LogP contribution in [0, 0.1) is 5.92 Å². The number of para-hydroxylation sites is 1. The summed E-state index contributed by atoms with van der Waals surface area (Å²) in [6.45, 7) is 6.39. The number of hydrogen-bond acceptors (Lipinski definition) is 5. The van der Waals surface area contributed by atoms with Crippen molar-refractivity contribution in [2.24, 2.45) is 5.92 Å². The number of anilines is 1. The topological polar surface area (TPSA) is 108 Å². The third-order valence-electron chi connectivity index (χ3n) is 4.57. The van der Waals surface area contributed by atoms with Gasteiger partial charge < -0.3 is 19.9 Å². The van der Waals surface area contributed by atoms with Crippen molar-refractivity contribution in [3.63, 3.8) is 0 Å². The Morgan fingerprint density at radius 1 is 1.38 bits per heavy atom. The van der Waals surface area contributed by atoms with E-state index in [1.54, 1.807) is 37.2 Å². The van der Waals surface area contributed by atoms with Crippen LogP contribution in [-0.4, -0.2) is 75.7 Å². The Hall–Kier alpha value is -2.49. The summed E-state index contributed by atoms with van der Waals surface area (Å²) in [6, 6.07) is 4.51. The second-order valence-corrected chi connectivity index (χ2v) is 9.61. The predicted molar refractivity (Wildman–Crippen MR) is 112 cm³/mol. The number of likely N-dealkylation sites (N-methyl/N-ethyl adjacent to an activating group) is 1. The molecule has 0 aromatic heterocycles. The second-order valence-electron chi connectivity index (χ2n) is 7.86. The monoisotopic (exact) mass is 426 g/mol. The van der Waals surface area contributed by atoms with E-state index in [0.717, 1.165) is 6.26 Å². The summed E-state index contributed by atoms with van der Waals surface area (Å²) < 4.78 is 32.1. The van der Waals surface area contributed by atoms with E-state index in [-0.39, 0.29) is 47.4 Å². The Bertz CT molecular complexity index is 871. The molecule has 0 radical (unpaired) electrons. The molecule has 9 nitrogen and oxygen atoms in total. The zero-order valence-corrected chi connectivity index (χ0v) is 18.5. The molecule has 1 aliphatic rings. The van der Waals surface area contributed by atoms with Gasteiger partial charge in [0, 0.05) is 32.6 Å². The summed E-state index contributed by atoms with van der Waals surface area (Å²) in [5.74, 6) is -0.185. The highest BCUT2D eigenvalue weighted by molar-refractivity contribution is 7.92. The minimum atomic E-state index is -3.57. The number of urea groups is 1. The highest BCUT2D eigenvalue weighted by Gasteiger charge is 2.32. The van der Waals surface area contributed by atoms with Gasteiger partial charge in [0.15, 0.2) is 5.75 Å². The number of carbonyl (C=O) groups is 2. The molecule has 0 saturated heterocycles. The first kappa shape index (κ1) is 22.8. The van der Waals surface area contributed by atoms with Gasteiger partial charge in [-0.15, -0.1) is 0 Å². The smallest absolute Gasteiger partial charge is 0.317 e. The Labute approximate surface area is 172 Å². The molecule has 0 fully saturated rings. The minimum absolute atomic E-state index is 0.00401. The maximum atomic E-state index is 12.8. The van der Waals surface area contributed by atoms with E-state index in [0.29, 0.717) is 6.54 Å². The number of nitrogens with one attached hydrogen (secondary N) is 2. The first-order chi connectivity index (χ1) is 13.4. The third kappa shape index (κ3) is 5.99. The second kappa shape index (κ2) is 8.89. The largest absolute Gasteiger partial charge is 0.485 e. The normalized spacial score (nSPS) is 19.7. The van der Waals surface area contributed by atoms with Gasteiger partial charge in [-0.3, -0.25) is 9.52 Å².